The molecular weight excluding hydrogens is 150 g/mol. The normalized spacial score (nSPS) is 29.5. The number of carbonyl (C=O) groups excluding carboxylic acids is 1. The summed E-state index contributed by atoms with van der Waals surface area (Å²) >= 11 is 0. The van der Waals surface area contributed by atoms with E-state index in [9.17, 15) is 4.79 Å². The molecule has 0 spiro atoms. The summed E-state index contributed by atoms with van der Waals surface area (Å²) in [6.07, 6.45) is 3.13. The van der Waals surface area contributed by atoms with E-state index in [-0.39, 0.29) is 5.91 Å². The number of hydrogen-bond acceptors (Lipinski definition) is 1. The van der Waals surface area contributed by atoms with Gasteiger partial charge in [0.05, 0.1) is 0 Å². The Morgan fingerprint density at radius 3 is 2.42 bits per heavy atom. The van der Waals surface area contributed by atoms with Gasteiger partial charge in [0, 0.05) is 12.5 Å². The Labute approximate surface area is 74.7 Å². The highest BCUT2D eigenvalue weighted by Crippen LogP contribution is 2.29. The minimum atomic E-state index is 0.236. The van der Waals surface area contributed by atoms with E-state index in [1.165, 1.54) is 12.8 Å². The van der Waals surface area contributed by atoms with E-state index in [0.717, 1.165) is 12.3 Å². The largest absolute Gasteiger partial charge is 0.353 e. The zero-order chi connectivity index (χ0) is 9.14. The molecule has 0 radical (unpaired) electrons. The molecule has 0 aromatic rings. The fourth-order valence-corrected chi connectivity index (χ4v) is 2.28. The lowest BCUT2D eigenvalue weighted by atomic mass is 9.83. The van der Waals surface area contributed by atoms with Crippen molar-refractivity contribution in [2.45, 2.75) is 46.1 Å². The molecule has 1 aliphatic rings. The lowest BCUT2D eigenvalue weighted by Crippen LogP contribution is -2.28. The van der Waals surface area contributed by atoms with Gasteiger partial charge in [0.2, 0.25) is 5.91 Å². The molecule has 0 aromatic heterocycles. The Morgan fingerprint density at radius 2 is 2.08 bits per heavy atom. The van der Waals surface area contributed by atoms with Gasteiger partial charge >= 0.3 is 0 Å². The van der Waals surface area contributed by atoms with Crippen LogP contribution in [-0.2, 0) is 4.79 Å². The van der Waals surface area contributed by atoms with E-state index < -0.39 is 0 Å². The summed E-state index contributed by atoms with van der Waals surface area (Å²) in [5.41, 5.74) is 0. The first-order chi connectivity index (χ1) is 5.69. The summed E-state index contributed by atoms with van der Waals surface area (Å²) in [6.45, 7) is 6.54. The SMILES string of the molecule is CCC(CC)C1CC(=O)NC1C. The third kappa shape index (κ3) is 1.79. The smallest absolute Gasteiger partial charge is 0.220 e. The van der Waals surface area contributed by atoms with E-state index in [1.807, 2.05) is 0 Å². The van der Waals surface area contributed by atoms with Crippen LogP contribution < -0.4 is 5.32 Å². The molecule has 0 aromatic carbocycles. The highest BCUT2D eigenvalue weighted by atomic mass is 16.1. The maximum Gasteiger partial charge on any atom is 0.220 e. The van der Waals surface area contributed by atoms with Crippen LogP contribution >= 0.6 is 0 Å². The van der Waals surface area contributed by atoms with Crippen molar-refractivity contribution in [3.8, 4) is 0 Å². The standard InChI is InChI=1S/C10H19NO/c1-4-8(5-2)9-6-10(12)11-7(9)3/h7-9H,4-6H2,1-3H3,(H,11,12). The number of amides is 1. The molecule has 0 bridgehead atoms. The number of hydrogen-bond donors (Lipinski definition) is 1. The average Bonchev–Trinajstić information content (AvgIpc) is 2.34. The van der Waals surface area contributed by atoms with Crippen LogP contribution in [0.25, 0.3) is 0 Å². The first-order valence-corrected chi connectivity index (χ1v) is 4.98. The number of rotatable bonds is 3. The minimum absolute atomic E-state index is 0.236. The molecule has 12 heavy (non-hydrogen) atoms. The van der Waals surface area contributed by atoms with Crippen molar-refractivity contribution in [2.75, 3.05) is 0 Å². The van der Waals surface area contributed by atoms with Gasteiger partial charge < -0.3 is 5.32 Å². The fraction of sp³-hybridized carbons (Fsp3) is 0.900. The van der Waals surface area contributed by atoms with Gasteiger partial charge in [-0.15, -0.1) is 0 Å². The van der Waals surface area contributed by atoms with Crippen molar-refractivity contribution in [3.05, 3.63) is 0 Å². The van der Waals surface area contributed by atoms with Gasteiger partial charge in [0.25, 0.3) is 0 Å². The van der Waals surface area contributed by atoms with Gasteiger partial charge in [-0.3, -0.25) is 4.79 Å². The maximum absolute atomic E-state index is 11.1. The molecule has 1 aliphatic heterocycles. The van der Waals surface area contributed by atoms with Crippen LogP contribution in [-0.4, -0.2) is 11.9 Å². The first kappa shape index (κ1) is 9.56. The van der Waals surface area contributed by atoms with Gasteiger partial charge in [-0.25, -0.2) is 0 Å². The number of carbonyl (C=O) groups is 1. The van der Waals surface area contributed by atoms with Crippen LogP contribution in [0.15, 0.2) is 0 Å². The predicted molar refractivity (Wildman–Crippen MR) is 49.8 cm³/mol. The molecular formula is C10H19NO. The van der Waals surface area contributed by atoms with E-state index in [1.54, 1.807) is 0 Å². The summed E-state index contributed by atoms with van der Waals surface area (Å²) in [5, 5.41) is 2.98. The molecule has 1 amide bonds. The van der Waals surface area contributed by atoms with Crippen LogP contribution in [0.2, 0.25) is 0 Å². The Balaban J connectivity index is 2.55. The molecule has 0 saturated carbocycles. The molecule has 2 unspecified atom stereocenters. The Bertz CT molecular complexity index is 163. The van der Waals surface area contributed by atoms with Gasteiger partial charge in [-0.05, 0) is 18.8 Å². The lowest BCUT2D eigenvalue weighted by Gasteiger charge is -2.22. The van der Waals surface area contributed by atoms with Gasteiger partial charge in [0.1, 0.15) is 0 Å². The fourth-order valence-electron chi connectivity index (χ4n) is 2.28. The quantitative estimate of drug-likeness (QED) is 0.687. The van der Waals surface area contributed by atoms with Crippen molar-refractivity contribution in [3.63, 3.8) is 0 Å². The molecule has 2 atom stereocenters. The van der Waals surface area contributed by atoms with Crippen LogP contribution in [0.1, 0.15) is 40.0 Å². The zero-order valence-electron chi connectivity index (χ0n) is 8.26. The predicted octanol–water partition coefficient (Wildman–Crippen LogP) is 1.95. The molecule has 0 aliphatic carbocycles. The van der Waals surface area contributed by atoms with Crippen molar-refractivity contribution in [1.29, 1.82) is 0 Å². The van der Waals surface area contributed by atoms with E-state index in [0.29, 0.717) is 12.0 Å². The van der Waals surface area contributed by atoms with Crippen LogP contribution in [0.4, 0.5) is 0 Å². The molecule has 70 valence electrons. The van der Waals surface area contributed by atoms with Crippen molar-refractivity contribution >= 4 is 5.91 Å². The van der Waals surface area contributed by atoms with E-state index in [4.69, 9.17) is 0 Å². The monoisotopic (exact) mass is 169 g/mol. The lowest BCUT2D eigenvalue weighted by molar-refractivity contribution is -0.119. The van der Waals surface area contributed by atoms with E-state index in [2.05, 4.69) is 26.1 Å². The molecule has 2 nitrogen and oxygen atoms in total. The first-order valence-electron chi connectivity index (χ1n) is 4.98. The van der Waals surface area contributed by atoms with Crippen LogP contribution in [0.3, 0.4) is 0 Å². The second kappa shape index (κ2) is 3.92. The molecule has 1 fully saturated rings. The van der Waals surface area contributed by atoms with Crippen molar-refractivity contribution in [2.24, 2.45) is 11.8 Å². The molecule has 1 saturated heterocycles. The maximum atomic E-state index is 11.1. The number of nitrogens with one attached hydrogen (secondary N) is 1. The Hall–Kier alpha value is -0.530. The summed E-state index contributed by atoms with van der Waals surface area (Å²) < 4.78 is 0. The van der Waals surface area contributed by atoms with Crippen LogP contribution in [0, 0.1) is 11.8 Å². The summed E-state index contributed by atoms with van der Waals surface area (Å²) in [4.78, 5) is 11.1. The second-order valence-corrected chi connectivity index (χ2v) is 3.80. The highest BCUT2D eigenvalue weighted by molar-refractivity contribution is 5.78. The van der Waals surface area contributed by atoms with Gasteiger partial charge in [-0.1, -0.05) is 26.7 Å². The molecule has 1 rings (SSSR count). The third-order valence-corrected chi connectivity index (χ3v) is 3.11. The third-order valence-electron chi connectivity index (χ3n) is 3.11. The van der Waals surface area contributed by atoms with Crippen LogP contribution in [0.5, 0.6) is 0 Å². The average molecular weight is 169 g/mol. The van der Waals surface area contributed by atoms with Gasteiger partial charge in [-0.2, -0.15) is 0 Å². The summed E-state index contributed by atoms with van der Waals surface area (Å²) in [7, 11) is 0. The molecule has 1 heterocycles. The summed E-state index contributed by atoms with van der Waals surface area (Å²) in [6, 6.07) is 0.391. The topological polar surface area (TPSA) is 29.1 Å². The van der Waals surface area contributed by atoms with Gasteiger partial charge in [0.15, 0.2) is 0 Å². The Morgan fingerprint density at radius 1 is 1.50 bits per heavy atom. The second-order valence-electron chi connectivity index (χ2n) is 3.80. The highest BCUT2D eigenvalue weighted by Gasteiger charge is 2.33. The van der Waals surface area contributed by atoms with E-state index >= 15 is 0 Å². The minimum Gasteiger partial charge on any atom is -0.353 e. The molecule has 2 heteroatoms. The molecule has 1 N–H and O–H groups in total. The Kier molecular flexibility index (Phi) is 3.12. The van der Waals surface area contributed by atoms with Crippen molar-refractivity contribution in [1.82, 2.24) is 5.32 Å². The zero-order valence-corrected chi connectivity index (χ0v) is 8.26. The van der Waals surface area contributed by atoms with Crippen molar-refractivity contribution < 1.29 is 4.79 Å². The summed E-state index contributed by atoms with van der Waals surface area (Å²) in [5.74, 6) is 1.53.